The lowest BCUT2D eigenvalue weighted by Gasteiger charge is -2.01. The van der Waals surface area contributed by atoms with Gasteiger partial charge in [0, 0.05) is 12.8 Å². The molecule has 96 valence electrons. The summed E-state index contributed by atoms with van der Waals surface area (Å²) in [5.41, 5.74) is 5.33. The molecule has 0 aromatic carbocycles. The summed E-state index contributed by atoms with van der Waals surface area (Å²) in [5, 5.41) is 11.0. The summed E-state index contributed by atoms with van der Waals surface area (Å²) in [5.74, 6) is -0.524. The van der Waals surface area contributed by atoms with Gasteiger partial charge in [0.1, 0.15) is 11.0 Å². The van der Waals surface area contributed by atoms with Crippen molar-refractivity contribution in [3.8, 4) is 0 Å². The van der Waals surface area contributed by atoms with E-state index in [2.05, 4.69) is 25.4 Å². The number of anilines is 1. The Kier molecular flexibility index (Phi) is 7.44. The second-order valence-electron chi connectivity index (χ2n) is 3.02. The summed E-state index contributed by atoms with van der Waals surface area (Å²) in [6.45, 7) is 5.58. The molecule has 0 spiro atoms. The van der Waals surface area contributed by atoms with Crippen molar-refractivity contribution in [2.75, 3.05) is 5.32 Å². The molecule has 1 rings (SSSR count). The first-order valence-electron chi connectivity index (χ1n) is 5.38. The van der Waals surface area contributed by atoms with Gasteiger partial charge in [-0.15, -0.1) is 5.10 Å². The molecule has 0 fully saturated rings. The molecule has 1 amide bonds. The van der Waals surface area contributed by atoms with E-state index >= 15 is 0 Å². The quantitative estimate of drug-likeness (QED) is 0.722. The van der Waals surface area contributed by atoms with Crippen LogP contribution in [0.3, 0.4) is 0 Å². The lowest BCUT2D eigenvalue weighted by Crippen LogP contribution is -2.28. The van der Waals surface area contributed by atoms with Crippen molar-refractivity contribution in [2.45, 2.75) is 39.7 Å². The number of nitrogens with one attached hydrogen (secondary N) is 2. The van der Waals surface area contributed by atoms with E-state index in [0.717, 1.165) is 0 Å². The third-order valence-corrected chi connectivity index (χ3v) is 1.68. The van der Waals surface area contributed by atoms with Crippen LogP contribution in [0.2, 0.25) is 0 Å². The van der Waals surface area contributed by atoms with Crippen molar-refractivity contribution in [1.29, 1.82) is 0 Å². The number of Topliss-reactive ketones (excluding diaryl/α,β-unsaturated/α-hetero) is 1. The predicted molar refractivity (Wildman–Crippen MR) is 58.7 cm³/mol. The molecule has 0 bridgehead atoms. The van der Waals surface area contributed by atoms with Gasteiger partial charge in [0.2, 0.25) is 5.27 Å². The van der Waals surface area contributed by atoms with Crippen LogP contribution in [0.25, 0.3) is 0 Å². The minimum Gasteiger partial charge on any atom is -0.322 e. The third-order valence-electron chi connectivity index (χ3n) is 1.68. The Morgan fingerprint density at radius 3 is 2.59 bits per heavy atom. The normalized spacial score (nSPS) is 11.1. The van der Waals surface area contributed by atoms with Gasteiger partial charge in [-0.1, -0.05) is 13.8 Å². The van der Waals surface area contributed by atoms with Crippen molar-refractivity contribution in [3.63, 3.8) is 0 Å². The molecule has 0 aliphatic heterocycles. The lowest BCUT2D eigenvalue weighted by atomic mass is 10.1. The molecular formula is C9H18N5O3+. The van der Waals surface area contributed by atoms with Crippen LogP contribution in [0, 0.1) is 0 Å². The maximum atomic E-state index is 11.2. The number of amides is 1. The molecule has 0 aliphatic carbocycles. The third kappa shape index (κ3) is 6.36. The number of aromatic nitrogens is 3. The molecule has 1 atom stereocenters. The average Bonchev–Trinajstić information content (AvgIpc) is 2.81. The summed E-state index contributed by atoms with van der Waals surface area (Å²) in [7, 11) is 0. The number of rotatable bonds is 5. The Hall–Kier alpha value is -1.83. The van der Waals surface area contributed by atoms with E-state index in [1.165, 1.54) is 0 Å². The standard InChI is InChI=1S/C7H11N5O3.C2H6/c1-4(8)5(13)2-3-6(14)9-7-10-11-12-15-7;1-2/h4H,2-3,8H2,1H3,(H,9,10,12,14);1-2H3/p+1. The van der Waals surface area contributed by atoms with Crippen molar-refractivity contribution in [2.24, 2.45) is 5.73 Å². The van der Waals surface area contributed by atoms with Crippen LogP contribution in [0.5, 0.6) is 0 Å². The Morgan fingerprint density at radius 2 is 2.12 bits per heavy atom. The Labute approximate surface area is 98.9 Å². The first-order chi connectivity index (χ1) is 8.09. The van der Waals surface area contributed by atoms with Crippen LogP contribution >= 0.6 is 0 Å². The Morgan fingerprint density at radius 1 is 1.47 bits per heavy atom. The lowest BCUT2D eigenvalue weighted by molar-refractivity contribution is -0.442. The van der Waals surface area contributed by atoms with Gasteiger partial charge in [0.05, 0.1) is 6.04 Å². The molecule has 1 aromatic rings. The highest BCUT2D eigenvalue weighted by Gasteiger charge is 2.15. The maximum Gasteiger partial charge on any atom is 0.461 e. The summed E-state index contributed by atoms with van der Waals surface area (Å²) in [4.78, 5) is 22.3. The highest BCUT2D eigenvalue weighted by atomic mass is 16.5. The number of carbonyl (C=O) groups is 2. The summed E-state index contributed by atoms with van der Waals surface area (Å²) in [6, 6.07) is -0.510. The highest BCUT2D eigenvalue weighted by molar-refractivity contribution is 5.92. The topological polar surface area (TPSA) is 125 Å². The Balaban J connectivity index is 0.00000121. The molecule has 1 unspecified atom stereocenters. The maximum absolute atomic E-state index is 11.2. The molecule has 4 N–H and O–H groups in total. The van der Waals surface area contributed by atoms with Crippen LogP contribution in [-0.4, -0.2) is 28.2 Å². The molecular weight excluding hydrogens is 226 g/mol. The van der Waals surface area contributed by atoms with Gasteiger partial charge in [-0.05, 0) is 6.92 Å². The van der Waals surface area contributed by atoms with Gasteiger partial charge in [-0.25, -0.2) is 5.32 Å². The molecule has 0 saturated carbocycles. The minimum absolute atomic E-state index is 0.0354. The summed E-state index contributed by atoms with van der Waals surface area (Å²) in [6.07, 6.45) is 0.153. The van der Waals surface area contributed by atoms with E-state index in [4.69, 9.17) is 5.73 Å². The fourth-order valence-corrected chi connectivity index (χ4v) is 0.852. The number of nitrogens with two attached hydrogens (primary N) is 1. The van der Waals surface area contributed by atoms with E-state index < -0.39 is 6.04 Å². The van der Waals surface area contributed by atoms with E-state index in [1.807, 2.05) is 13.8 Å². The second kappa shape index (κ2) is 8.34. The summed E-state index contributed by atoms with van der Waals surface area (Å²) < 4.78 is 4.50. The van der Waals surface area contributed by atoms with Gasteiger partial charge in [0.15, 0.2) is 0 Å². The fourth-order valence-electron chi connectivity index (χ4n) is 0.852. The molecule has 1 aromatic heterocycles. The zero-order valence-corrected chi connectivity index (χ0v) is 10.2. The van der Waals surface area contributed by atoms with Crippen LogP contribution in [0.1, 0.15) is 33.6 Å². The van der Waals surface area contributed by atoms with E-state index in [9.17, 15) is 9.59 Å². The number of ketones is 1. The first-order valence-corrected chi connectivity index (χ1v) is 5.38. The van der Waals surface area contributed by atoms with Crippen molar-refractivity contribution in [3.05, 3.63) is 0 Å². The largest absolute Gasteiger partial charge is 0.461 e. The van der Waals surface area contributed by atoms with Gasteiger partial charge < -0.3 is 5.73 Å². The van der Waals surface area contributed by atoms with E-state index in [0.29, 0.717) is 0 Å². The van der Waals surface area contributed by atoms with Crippen LogP contribution in [0.15, 0.2) is 4.52 Å². The van der Waals surface area contributed by atoms with E-state index in [-0.39, 0.29) is 30.5 Å². The van der Waals surface area contributed by atoms with Gasteiger partial charge in [-0.2, -0.15) is 4.52 Å². The monoisotopic (exact) mass is 244 g/mol. The van der Waals surface area contributed by atoms with Crippen LogP contribution in [-0.2, 0) is 9.59 Å². The number of hydrogen-bond acceptors (Lipinski definition) is 6. The van der Waals surface area contributed by atoms with Gasteiger partial charge in [0.25, 0.3) is 5.91 Å². The van der Waals surface area contributed by atoms with E-state index in [1.54, 1.807) is 6.92 Å². The summed E-state index contributed by atoms with van der Waals surface area (Å²) >= 11 is 0. The molecule has 0 saturated heterocycles. The smallest absolute Gasteiger partial charge is 0.322 e. The predicted octanol–water partition coefficient (Wildman–Crippen LogP) is -0.455. The number of aromatic amines is 1. The average molecular weight is 244 g/mol. The first kappa shape index (κ1) is 15.2. The molecule has 8 nitrogen and oxygen atoms in total. The van der Waals surface area contributed by atoms with Gasteiger partial charge in [-0.3, -0.25) is 9.59 Å². The molecule has 0 radical (unpaired) electrons. The number of carbonyl (C=O) groups excluding carboxylic acids is 2. The van der Waals surface area contributed by atoms with Crippen molar-refractivity contribution >= 4 is 17.7 Å². The highest BCUT2D eigenvalue weighted by Crippen LogP contribution is 1.98. The van der Waals surface area contributed by atoms with Crippen LogP contribution < -0.4 is 16.1 Å². The number of nitrogens with zero attached hydrogens (tertiary/aromatic N) is 2. The second-order valence-corrected chi connectivity index (χ2v) is 3.02. The fraction of sp³-hybridized carbons (Fsp3) is 0.667. The zero-order chi connectivity index (χ0) is 13.3. The van der Waals surface area contributed by atoms with Gasteiger partial charge >= 0.3 is 6.01 Å². The minimum atomic E-state index is -0.545. The number of hydrogen-bond donors (Lipinski definition) is 2. The molecule has 17 heavy (non-hydrogen) atoms. The SMILES string of the molecule is CC.CC(N)C(=O)CCC(=O)Nc1[nH+]nno1. The van der Waals surface area contributed by atoms with Crippen molar-refractivity contribution < 1.29 is 19.2 Å². The Bertz CT molecular complexity index is 336. The molecule has 8 heteroatoms. The van der Waals surface area contributed by atoms with Crippen molar-refractivity contribution in [1.82, 2.24) is 10.5 Å². The number of H-pyrrole nitrogens is 1. The van der Waals surface area contributed by atoms with Crippen LogP contribution in [0.4, 0.5) is 6.01 Å². The molecule has 1 heterocycles. The zero-order valence-electron chi connectivity index (χ0n) is 10.2. The molecule has 0 aliphatic rings.